The van der Waals surface area contributed by atoms with E-state index in [1.807, 2.05) is 24.3 Å². The molecule has 3 rings (SSSR count). The van der Waals surface area contributed by atoms with Crippen LogP contribution in [0.15, 0.2) is 59.4 Å². The van der Waals surface area contributed by atoms with E-state index in [9.17, 15) is 19.2 Å². The van der Waals surface area contributed by atoms with Crippen LogP contribution in [0.2, 0.25) is 0 Å². The molecule has 0 spiro atoms. The molecular formula is C22H24N4O5. The van der Waals surface area contributed by atoms with Crippen molar-refractivity contribution in [2.45, 2.75) is 19.4 Å². The maximum Gasteiger partial charge on any atom is 0.328 e. The zero-order valence-electron chi connectivity index (χ0n) is 17.2. The lowest BCUT2D eigenvalue weighted by Crippen LogP contribution is -2.37. The Balaban J connectivity index is 1.60. The smallest absolute Gasteiger partial charge is 0.328 e. The highest BCUT2D eigenvalue weighted by molar-refractivity contribution is 5.95. The third-order valence-corrected chi connectivity index (χ3v) is 4.90. The van der Waals surface area contributed by atoms with Gasteiger partial charge in [-0.05, 0) is 24.3 Å². The first-order valence-corrected chi connectivity index (χ1v) is 9.82. The van der Waals surface area contributed by atoms with Gasteiger partial charge in [-0.2, -0.15) is 0 Å². The zero-order valence-corrected chi connectivity index (χ0v) is 17.2. The minimum Gasteiger partial charge on any atom is -0.455 e. The van der Waals surface area contributed by atoms with Crippen LogP contribution in [0.3, 0.4) is 0 Å². The first-order valence-electron chi connectivity index (χ1n) is 9.82. The van der Waals surface area contributed by atoms with Gasteiger partial charge >= 0.3 is 11.7 Å². The molecule has 0 saturated heterocycles. The molecule has 0 saturated carbocycles. The molecule has 2 aromatic carbocycles. The van der Waals surface area contributed by atoms with Gasteiger partial charge in [-0.1, -0.05) is 30.3 Å². The van der Waals surface area contributed by atoms with Gasteiger partial charge in [-0.15, -0.1) is 0 Å². The highest BCUT2D eigenvalue weighted by Crippen LogP contribution is 2.15. The SMILES string of the molecule is Cn1c(=O)n(CCC(=O)OCC(=O)N(CCC(N)=O)c2ccccc2)c2ccccc21. The second-order valence-electron chi connectivity index (χ2n) is 6.99. The number of aromatic nitrogens is 2. The van der Waals surface area contributed by atoms with E-state index < -0.39 is 24.4 Å². The summed E-state index contributed by atoms with van der Waals surface area (Å²) in [5.74, 6) is -1.61. The number of esters is 1. The number of carbonyl (C=O) groups is 3. The number of nitrogens with zero attached hydrogens (tertiary/aromatic N) is 3. The summed E-state index contributed by atoms with van der Waals surface area (Å²) in [6.45, 7) is -0.255. The van der Waals surface area contributed by atoms with Crippen molar-refractivity contribution in [1.82, 2.24) is 9.13 Å². The Morgan fingerprint density at radius 1 is 0.968 bits per heavy atom. The first kappa shape index (κ1) is 21.8. The van der Waals surface area contributed by atoms with Crippen molar-refractivity contribution in [2.24, 2.45) is 12.8 Å². The number of rotatable bonds is 9. The van der Waals surface area contributed by atoms with Crippen LogP contribution in [-0.2, 0) is 32.7 Å². The van der Waals surface area contributed by atoms with Crippen molar-refractivity contribution in [3.05, 3.63) is 65.1 Å². The number of ether oxygens (including phenoxy) is 1. The minimum atomic E-state index is -0.601. The number of benzene rings is 2. The van der Waals surface area contributed by atoms with Gasteiger partial charge < -0.3 is 15.4 Å². The lowest BCUT2D eigenvalue weighted by atomic mass is 10.2. The molecule has 3 aromatic rings. The van der Waals surface area contributed by atoms with Gasteiger partial charge in [0.05, 0.1) is 17.5 Å². The van der Waals surface area contributed by atoms with Crippen LogP contribution in [0, 0.1) is 0 Å². The number of primary amides is 1. The molecule has 1 heterocycles. The van der Waals surface area contributed by atoms with Crippen LogP contribution in [0.4, 0.5) is 5.69 Å². The van der Waals surface area contributed by atoms with Crippen LogP contribution >= 0.6 is 0 Å². The maximum absolute atomic E-state index is 12.6. The fraction of sp³-hybridized carbons (Fsp3) is 0.273. The summed E-state index contributed by atoms with van der Waals surface area (Å²) in [5, 5.41) is 0. The van der Waals surface area contributed by atoms with Crippen molar-refractivity contribution < 1.29 is 19.1 Å². The highest BCUT2D eigenvalue weighted by atomic mass is 16.5. The third kappa shape index (κ3) is 5.19. The quantitative estimate of drug-likeness (QED) is 0.518. The summed E-state index contributed by atoms with van der Waals surface area (Å²) < 4.78 is 8.14. The van der Waals surface area contributed by atoms with E-state index in [4.69, 9.17) is 10.5 Å². The maximum atomic E-state index is 12.6. The number of nitrogens with two attached hydrogens (primary N) is 1. The van der Waals surface area contributed by atoms with Crippen LogP contribution in [0.5, 0.6) is 0 Å². The Kier molecular flexibility index (Phi) is 6.86. The zero-order chi connectivity index (χ0) is 22.4. The van der Waals surface area contributed by atoms with Crippen LogP contribution in [-0.4, -0.2) is 40.1 Å². The van der Waals surface area contributed by atoms with Gasteiger partial charge in [-0.25, -0.2) is 4.79 Å². The normalized spacial score (nSPS) is 10.7. The van der Waals surface area contributed by atoms with E-state index in [1.54, 1.807) is 37.4 Å². The number of amides is 2. The van der Waals surface area contributed by atoms with Crippen LogP contribution in [0.25, 0.3) is 11.0 Å². The number of carbonyl (C=O) groups excluding carboxylic acids is 3. The van der Waals surface area contributed by atoms with Crippen LogP contribution < -0.4 is 16.3 Å². The van der Waals surface area contributed by atoms with Gasteiger partial charge in [-0.3, -0.25) is 23.5 Å². The average molecular weight is 424 g/mol. The Bertz CT molecular complexity index is 1150. The van der Waals surface area contributed by atoms with E-state index in [1.165, 1.54) is 14.0 Å². The summed E-state index contributed by atoms with van der Waals surface area (Å²) in [6.07, 6.45) is -0.0770. The summed E-state index contributed by atoms with van der Waals surface area (Å²) in [5.41, 5.74) is 7.03. The number of imidazole rings is 1. The molecule has 9 nitrogen and oxygen atoms in total. The number of aryl methyl sites for hydroxylation is 2. The van der Waals surface area contributed by atoms with Crippen molar-refractivity contribution in [1.29, 1.82) is 0 Å². The first-order chi connectivity index (χ1) is 14.9. The highest BCUT2D eigenvalue weighted by Gasteiger charge is 2.19. The van der Waals surface area contributed by atoms with Gasteiger partial charge in [0.15, 0.2) is 6.61 Å². The molecule has 0 aliphatic heterocycles. The number of fused-ring (bicyclic) bond motifs is 1. The van der Waals surface area contributed by atoms with Crippen molar-refractivity contribution in [3.63, 3.8) is 0 Å². The topological polar surface area (TPSA) is 117 Å². The molecule has 9 heteroatoms. The van der Waals surface area contributed by atoms with Crippen molar-refractivity contribution in [3.8, 4) is 0 Å². The fourth-order valence-corrected chi connectivity index (χ4v) is 3.30. The van der Waals surface area contributed by atoms with E-state index in [0.29, 0.717) is 5.69 Å². The van der Waals surface area contributed by atoms with Gasteiger partial charge in [0, 0.05) is 32.2 Å². The molecule has 0 bridgehead atoms. The molecule has 2 amide bonds. The van der Waals surface area contributed by atoms with Gasteiger partial charge in [0.1, 0.15) is 0 Å². The fourth-order valence-electron chi connectivity index (χ4n) is 3.30. The molecule has 162 valence electrons. The molecular weight excluding hydrogens is 400 g/mol. The number of hydrogen-bond donors (Lipinski definition) is 1. The van der Waals surface area contributed by atoms with E-state index in [-0.39, 0.29) is 31.6 Å². The summed E-state index contributed by atoms with van der Waals surface area (Å²) in [4.78, 5) is 49.7. The molecule has 2 N–H and O–H groups in total. The lowest BCUT2D eigenvalue weighted by molar-refractivity contribution is -0.148. The summed E-state index contributed by atoms with van der Waals surface area (Å²) >= 11 is 0. The van der Waals surface area contributed by atoms with Gasteiger partial charge in [0.25, 0.3) is 5.91 Å². The Labute approximate surface area is 178 Å². The number of para-hydroxylation sites is 3. The third-order valence-electron chi connectivity index (χ3n) is 4.90. The van der Waals surface area contributed by atoms with Gasteiger partial charge in [0.2, 0.25) is 5.91 Å². The van der Waals surface area contributed by atoms with Crippen molar-refractivity contribution >= 4 is 34.5 Å². The number of hydrogen-bond acceptors (Lipinski definition) is 5. The molecule has 0 fully saturated rings. The molecule has 1 aromatic heterocycles. The molecule has 0 unspecified atom stereocenters. The molecule has 0 radical (unpaired) electrons. The average Bonchev–Trinajstić information content (AvgIpc) is 3.01. The second kappa shape index (κ2) is 9.75. The predicted octanol–water partition coefficient (Wildman–Crippen LogP) is 1.18. The summed E-state index contributed by atoms with van der Waals surface area (Å²) in [7, 11) is 1.67. The number of anilines is 1. The Morgan fingerprint density at radius 3 is 2.29 bits per heavy atom. The molecule has 0 atom stereocenters. The Morgan fingerprint density at radius 2 is 1.61 bits per heavy atom. The molecule has 0 aliphatic rings. The Hall–Kier alpha value is -3.88. The predicted molar refractivity (Wildman–Crippen MR) is 115 cm³/mol. The van der Waals surface area contributed by atoms with Crippen molar-refractivity contribution in [2.75, 3.05) is 18.1 Å². The monoisotopic (exact) mass is 424 g/mol. The summed E-state index contributed by atoms with van der Waals surface area (Å²) in [6, 6.07) is 16.0. The van der Waals surface area contributed by atoms with E-state index in [0.717, 1.165) is 11.0 Å². The standard InChI is InChI=1S/C22H24N4O5/c1-24-17-9-5-6-10-18(17)26(22(24)30)14-12-21(29)31-15-20(28)25(13-11-19(23)27)16-7-3-2-4-8-16/h2-10H,11-15H2,1H3,(H2,23,27). The van der Waals surface area contributed by atoms with Crippen LogP contribution in [0.1, 0.15) is 12.8 Å². The minimum absolute atomic E-state index is 0.0153. The van der Waals surface area contributed by atoms with E-state index >= 15 is 0 Å². The lowest BCUT2D eigenvalue weighted by Gasteiger charge is -2.22. The molecule has 31 heavy (non-hydrogen) atoms. The van der Waals surface area contributed by atoms with E-state index in [2.05, 4.69) is 0 Å². The largest absolute Gasteiger partial charge is 0.455 e. The molecule has 0 aliphatic carbocycles. The second-order valence-corrected chi connectivity index (χ2v) is 6.99.